The molecule has 0 amide bonds. The minimum absolute atomic E-state index is 0. The molecule has 3 aromatic heterocycles. The Labute approximate surface area is 468 Å². The predicted octanol–water partition coefficient (Wildman–Crippen LogP) is 17.4. The molecule has 1 aliphatic rings. The summed E-state index contributed by atoms with van der Waals surface area (Å²) in [6.07, 6.45) is 5.68. The van der Waals surface area contributed by atoms with Crippen molar-refractivity contribution in [1.82, 2.24) is 14.1 Å². The van der Waals surface area contributed by atoms with Crippen molar-refractivity contribution in [3.63, 3.8) is 0 Å². The van der Waals surface area contributed by atoms with E-state index in [2.05, 4.69) is 162 Å². The standard InChI is InChI=1S/C70H56N4O.Pt/c1-44-18-15-19-45(2)66(44)60-28-17-27-59-55-24-11-9-22-53(55)54-23-10-12-25-56(54)61-38-47(46-30-32-48(33-31-46)69(3,4)5)39-64-68(61)73(67(59)60)43-72(64)50-20-16-21-51(41-50)75-52-34-35-58-57-26-13-14-29-62(57)74(63(58)42-52)65-40-49(36-37-71-65)70(6,7)8;/h9-40H,1-8H3;/q-2;/i1D3,2D3;. The van der Waals surface area contributed by atoms with Crippen LogP contribution in [0.25, 0.3) is 106 Å². The summed E-state index contributed by atoms with van der Waals surface area (Å²) in [6, 6.07) is 69.6. The monoisotopic (exact) mass is 1170 g/mol. The van der Waals surface area contributed by atoms with Crippen molar-refractivity contribution in [2.24, 2.45) is 0 Å². The fourth-order valence-corrected chi connectivity index (χ4v) is 11.0. The van der Waals surface area contributed by atoms with Crippen LogP contribution in [-0.2, 0) is 31.9 Å². The molecule has 12 aromatic rings. The second kappa shape index (κ2) is 18.6. The van der Waals surface area contributed by atoms with Gasteiger partial charge in [-0.2, -0.15) is 18.2 Å². The van der Waals surface area contributed by atoms with E-state index in [0.29, 0.717) is 28.4 Å². The number of ether oxygens (including phenoxy) is 1. The van der Waals surface area contributed by atoms with Gasteiger partial charge >= 0.3 is 0 Å². The maximum Gasteiger partial charge on any atom is 0.268 e. The third kappa shape index (κ3) is 8.20. The van der Waals surface area contributed by atoms with E-state index >= 15 is 0 Å². The van der Waals surface area contributed by atoms with Crippen molar-refractivity contribution < 1.29 is 38.6 Å². The van der Waals surface area contributed by atoms with Crippen LogP contribution in [0.1, 0.15) is 72.0 Å². The van der Waals surface area contributed by atoms with Gasteiger partial charge in [0, 0.05) is 52.5 Å². The Morgan fingerprint density at radius 3 is 1.84 bits per heavy atom. The van der Waals surface area contributed by atoms with E-state index < -0.39 is 13.7 Å². The molecule has 0 saturated heterocycles. The molecule has 13 rings (SSSR count). The molecule has 0 unspecified atom stereocenters. The van der Waals surface area contributed by atoms with Crippen molar-refractivity contribution in [2.45, 2.75) is 66.1 Å². The summed E-state index contributed by atoms with van der Waals surface area (Å²) in [4.78, 5) is 4.88. The zero-order valence-electron chi connectivity index (χ0n) is 49.0. The van der Waals surface area contributed by atoms with Crippen LogP contribution in [-0.4, -0.2) is 14.1 Å². The summed E-state index contributed by atoms with van der Waals surface area (Å²) in [5.41, 5.74) is 14.6. The molecular weight excluding hydrogens is 1110 g/mol. The normalized spacial score (nSPS) is 13.6. The Kier molecular flexibility index (Phi) is 10.3. The van der Waals surface area contributed by atoms with Crippen LogP contribution in [0.5, 0.6) is 11.5 Å². The first-order valence-electron chi connectivity index (χ1n) is 28.5. The van der Waals surface area contributed by atoms with E-state index in [9.17, 15) is 0 Å². The molecule has 374 valence electrons. The number of rotatable bonds is 6. The van der Waals surface area contributed by atoms with Crippen LogP contribution in [0.2, 0.25) is 0 Å². The summed E-state index contributed by atoms with van der Waals surface area (Å²) in [7, 11) is 0. The van der Waals surface area contributed by atoms with Crippen LogP contribution in [0, 0.1) is 32.2 Å². The first kappa shape index (κ1) is 42.2. The van der Waals surface area contributed by atoms with Gasteiger partial charge in [0.2, 0.25) is 0 Å². The SMILES string of the molecule is [2H]C([2H])([2H])c1cccc(C([2H])([2H])[2H])c1-c1cccc2c1-[n+]1[c-]n(-c3[c-]c(Oc4[c-]c5c(cc4)c4ccccc4n5-c4cc(C(C)(C)C)ccn4)ccc3)c3cc(-c4ccc(C(C)(C)C)cc4)cc(c31)-c1ccccc1-c1ccccc1-2.[Pt]. The predicted molar refractivity (Wildman–Crippen MR) is 308 cm³/mol. The van der Waals surface area contributed by atoms with Crippen molar-refractivity contribution in [1.29, 1.82) is 0 Å². The Balaban J connectivity index is 0.00000665. The van der Waals surface area contributed by atoms with E-state index in [4.69, 9.17) is 17.9 Å². The number of aromatic nitrogens is 4. The number of imidazole rings is 1. The molecule has 4 heterocycles. The minimum Gasteiger partial charge on any atom is -0.510 e. The summed E-state index contributed by atoms with van der Waals surface area (Å²) >= 11 is 0. The molecule has 0 radical (unpaired) electrons. The fourth-order valence-electron chi connectivity index (χ4n) is 11.0. The van der Waals surface area contributed by atoms with E-state index in [1.54, 1.807) is 0 Å². The molecule has 0 atom stereocenters. The van der Waals surface area contributed by atoms with E-state index in [0.717, 1.165) is 88.7 Å². The first-order chi connectivity index (χ1) is 38.7. The van der Waals surface area contributed by atoms with E-state index in [-0.39, 0.29) is 48.6 Å². The summed E-state index contributed by atoms with van der Waals surface area (Å²) in [5.74, 6) is 1.71. The molecule has 0 spiro atoms. The molecule has 0 fully saturated rings. The molecule has 6 heteroatoms. The molecular formula is C70H56N4OPt-2. The molecule has 0 saturated carbocycles. The number of aryl methyl sites for hydroxylation is 2. The van der Waals surface area contributed by atoms with Crippen molar-refractivity contribution in [3.05, 3.63) is 235 Å². The van der Waals surface area contributed by atoms with Crippen molar-refractivity contribution >= 4 is 32.8 Å². The van der Waals surface area contributed by atoms with Gasteiger partial charge in [-0.15, -0.1) is 29.7 Å². The number of nitrogens with zero attached hydrogens (tertiary/aromatic N) is 4. The van der Waals surface area contributed by atoms with Gasteiger partial charge in [-0.3, -0.25) is 4.57 Å². The van der Waals surface area contributed by atoms with Crippen LogP contribution in [0.3, 0.4) is 0 Å². The topological polar surface area (TPSA) is 35.9 Å². The van der Waals surface area contributed by atoms with Gasteiger partial charge in [-0.05, 0) is 138 Å². The Morgan fingerprint density at radius 1 is 0.513 bits per heavy atom. The molecule has 0 N–H and O–H groups in total. The molecule has 9 aromatic carbocycles. The van der Waals surface area contributed by atoms with Gasteiger partial charge < -0.3 is 13.9 Å². The zero-order chi connectivity index (χ0) is 56.3. The van der Waals surface area contributed by atoms with Crippen LogP contribution in [0.15, 0.2) is 194 Å². The number of benzene rings is 9. The third-order valence-corrected chi connectivity index (χ3v) is 14.8. The Morgan fingerprint density at radius 2 is 1.13 bits per heavy atom. The fraction of sp³-hybridized carbons (Fsp3) is 0.143. The van der Waals surface area contributed by atoms with Gasteiger partial charge in [0.1, 0.15) is 5.82 Å². The van der Waals surface area contributed by atoms with E-state index in [1.165, 1.54) is 23.8 Å². The summed E-state index contributed by atoms with van der Waals surface area (Å²) in [6.45, 7) is 7.89. The number of pyridine rings is 1. The van der Waals surface area contributed by atoms with Crippen molar-refractivity contribution in [2.75, 3.05) is 0 Å². The quantitative estimate of drug-likeness (QED) is 0.123. The van der Waals surface area contributed by atoms with Crippen LogP contribution >= 0.6 is 0 Å². The van der Waals surface area contributed by atoms with Gasteiger partial charge in [-0.1, -0.05) is 181 Å². The van der Waals surface area contributed by atoms with Gasteiger partial charge in [0.15, 0.2) is 0 Å². The van der Waals surface area contributed by atoms with Crippen molar-refractivity contribution in [3.8, 4) is 84.3 Å². The molecule has 0 aliphatic carbocycles. The zero-order valence-corrected chi connectivity index (χ0v) is 45.3. The first-order valence-corrected chi connectivity index (χ1v) is 25.5. The Bertz CT molecular complexity index is 4470. The molecule has 0 bridgehead atoms. The second-order valence-corrected chi connectivity index (χ2v) is 21.6. The number of para-hydroxylation sites is 2. The smallest absolute Gasteiger partial charge is 0.268 e. The number of fused-ring (bicyclic) bond motifs is 10. The molecule has 76 heavy (non-hydrogen) atoms. The third-order valence-electron chi connectivity index (χ3n) is 14.8. The maximum atomic E-state index is 8.88. The molecule has 1 aliphatic heterocycles. The average Bonchev–Trinajstić information content (AvgIpc) is 2.05. The summed E-state index contributed by atoms with van der Waals surface area (Å²) < 4.78 is 66.2. The number of hydrogen-bond acceptors (Lipinski definition) is 2. The van der Waals surface area contributed by atoms with Gasteiger partial charge in [-0.25, -0.2) is 4.98 Å². The largest absolute Gasteiger partial charge is 0.510 e. The number of hydrogen-bond donors (Lipinski definition) is 0. The van der Waals surface area contributed by atoms with Gasteiger partial charge in [0.25, 0.3) is 6.33 Å². The second-order valence-electron chi connectivity index (χ2n) is 21.6. The van der Waals surface area contributed by atoms with Crippen LogP contribution in [0.4, 0.5) is 0 Å². The van der Waals surface area contributed by atoms with E-state index in [1.807, 2.05) is 88.1 Å². The maximum absolute atomic E-state index is 8.88. The molecule has 5 nitrogen and oxygen atoms in total. The average molecular weight is 1170 g/mol. The Hall–Kier alpha value is -8.11. The minimum atomic E-state index is -2.67. The van der Waals surface area contributed by atoms with Gasteiger partial charge in [0.05, 0.1) is 16.7 Å². The van der Waals surface area contributed by atoms with Crippen LogP contribution < -0.4 is 9.30 Å². The summed E-state index contributed by atoms with van der Waals surface area (Å²) in [5, 5.41) is 2.09.